The van der Waals surface area contributed by atoms with Crippen molar-refractivity contribution in [1.29, 1.82) is 0 Å². The maximum Gasteiger partial charge on any atom is 0.251 e. The van der Waals surface area contributed by atoms with E-state index in [1.807, 2.05) is 12.1 Å². The molecule has 0 unspecified atom stereocenters. The van der Waals surface area contributed by atoms with Crippen molar-refractivity contribution in [3.8, 4) is 0 Å². The summed E-state index contributed by atoms with van der Waals surface area (Å²) >= 11 is 1.33. The fourth-order valence-corrected chi connectivity index (χ4v) is 3.10. The molecule has 0 spiro atoms. The van der Waals surface area contributed by atoms with Gasteiger partial charge in [0.25, 0.3) is 5.91 Å². The largest absolute Gasteiger partial charge is 0.351 e. The minimum absolute atomic E-state index is 0.126. The highest BCUT2D eigenvalue weighted by Crippen LogP contribution is 2.31. The van der Waals surface area contributed by atoms with Gasteiger partial charge >= 0.3 is 0 Å². The number of thioether (sulfide) groups is 1. The Morgan fingerprint density at radius 3 is 2.48 bits per heavy atom. The first-order valence-corrected chi connectivity index (χ1v) is 8.08. The van der Waals surface area contributed by atoms with Gasteiger partial charge in [-0.05, 0) is 30.5 Å². The van der Waals surface area contributed by atoms with Crippen LogP contribution in [0.5, 0.6) is 0 Å². The molecule has 0 aromatic heterocycles. The number of rotatable bonds is 6. The van der Waals surface area contributed by atoms with E-state index in [1.165, 1.54) is 11.8 Å². The third-order valence-corrected chi connectivity index (χ3v) is 4.63. The highest BCUT2D eigenvalue weighted by molar-refractivity contribution is 8.13. The number of hydrogen-bond donors (Lipinski definition) is 3. The number of benzene rings is 1. The van der Waals surface area contributed by atoms with Gasteiger partial charge in [-0.1, -0.05) is 23.9 Å². The zero-order chi connectivity index (χ0) is 15.2. The Hall–Kier alpha value is -1.37. The monoisotopic (exact) mass is 307 g/mol. The van der Waals surface area contributed by atoms with Crippen molar-refractivity contribution in [2.24, 2.45) is 17.4 Å². The van der Waals surface area contributed by atoms with Gasteiger partial charge in [0.2, 0.25) is 0 Å². The van der Waals surface area contributed by atoms with Crippen LogP contribution in [0.15, 0.2) is 24.3 Å². The summed E-state index contributed by atoms with van der Waals surface area (Å²) in [6.07, 6.45) is 1.62. The third-order valence-electron chi connectivity index (χ3n) is 3.53. The summed E-state index contributed by atoms with van der Waals surface area (Å²) in [5.74, 6) is 0.639. The summed E-state index contributed by atoms with van der Waals surface area (Å²) in [5.41, 5.74) is 12.7. The highest BCUT2D eigenvalue weighted by atomic mass is 32.2. The van der Waals surface area contributed by atoms with Crippen LogP contribution in [-0.4, -0.2) is 30.2 Å². The molecule has 21 heavy (non-hydrogen) atoms. The van der Waals surface area contributed by atoms with Crippen LogP contribution < -0.4 is 16.8 Å². The summed E-state index contributed by atoms with van der Waals surface area (Å²) in [5, 5.41) is 2.94. The Morgan fingerprint density at radius 1 is 1.24 bits per heavy atom. The molecule has 0 atom stereocenters. The lowest BCUT2D eigenvalue weighted by Gasteiger charge is -2.30. The Kier molecular flexibility index (Phi) is 5.78. The molecule has 2 rings (SSSR count). The lowest BCUT2D eigenvalue weighted by Crippen LogP contribution is -2.39. The minimum atomic E-state index is -0.126. The van der Waals surface area contributed by atoms with Crippen LogP contribution in [0.2, 0.25) is 0 Å². The zero-order valence-electron chi connectivity index (χ0n) is 11.9. The number of amides is 1. The standard InChI is InChI=1S/C15H21N3O2S/c16-5-6-18-14(19)11-3-1-10(2-4-11)9-21-15(20)12-7-13(17)8-12/h1-4,12-13H,5-9,16-17H2,(H,18,19)/t12-,13-. The number of hydrogen-bond acceptors (Lipinski definition) is 5. The van der Waals surface area contributed by atoms with E-state index in [4.69, 9.17) is 11.5 Å². The van der Waals surface area contributed by atoms with Crippen molar-refractivity contribution in [1.82, 2.24) is 5.32 Å². The molecule has 6 heteroatoms. The lowest BCUT2D eigenvalue weighted by atomic mass is 9.82. The van der Waals surface area contributed by atoms with Gasteiger partial charge in [0.1, 0.15) is 0 Å². The number of nitrogens with one attached hydrogen (secondary N) is 1. The molecule has 1 aliphatic rings. The molecule has 1 aromatic rings. The predicted molar refractivity (Wildman–Crippen MR) is 84.8 cm³/mol. The summed E-state index contributed by atoms with van der Waals surface area (Å²) < 4.78 is 0. The first-order valence-electron chi connectivity index (χ1n) is 7.09. The molecule has 5 N–H and O–H groups in total. The maximum atomic E-state index is 11.9. The van der Waals surface area contributed by atoms with Crippen LogP contribution in [0.25, 0.3) is 0 Å². The van der Waals surface area contributed by atoms with Gasteiger partial charge < -0.3 is 16.8 Å². The van der Waals surface area contributed by atoms with Crippen molar-refractivity contribution >= 4 is 22.8 Å². The normalized spacial score (nSPS) is 20.7. The molecule has 1 saturated carbocycles. The molecule has 0 heterocycles. The summed E-state index contributed by atoms with van der Waals surface area (Å²) in [7, 11) is 0. The van der Waals surface area contributed by atoms with Crippen molar-refractivity contribution < 1.29 is 9.59 Å². The van der Waals surface area contributed by atoms with E-state index in [2.05, 4.69) is 5.32 Å². The van der Waals surface area contributed by atoms with Gasteiger partial charge in [0, 0.05) is 36.4 Å². The number of carbonyl (C=O) groups excluding carboxylic acids is 2. The topological polar surface area (TPSA) is 98.2 Å². The smallest absolute Gasteiger partial charge is 0.251 e. The second-order valence-corrected chi connectivity index (χ2v) is 6.26. The Balaban J connectivity index is 1.79. The van der Waals surface area contributed by atoms with E-state index in [0.29, 0.717) is 24.4 Å². The molecule has 0 aliphatic heterocycles. The molecular formula is C15H21N3O2S. The van der Waals surface area contributed by atoms with E-state index >= 15 is 0 Å². The minimum Gasteiger partial charge on any atom is -0.351 e. The van der Waals surface area contributed by atoms with Crippen LogP contribution in [0.3, 0.4) is 0 Å². The van der Waals surface area contributed by atoms with Gasteiger partial charge in [0.05, 0.1) is 0 Å². The van der Waals surface area contributed by atoms with Gasteiger partial charge in [-0.15, -0.1) is 0 Å². The van der Waals surface area contributed by atoms with Crippen LogP contribution in [0.4, 0.5) is 0 Å². The van der Waals surface area contributed by atoms with E-state index in [-0.39, 0.29) is 23.0 Å². The van der Waals surface area contributed by atoms with Crippen LogP contribution in [-0.2, 0) is 10.5 Å². The van der Waals surface area contributed by atoms with E-state index in [1.54, 1.807) is 12.1 Å². The number of carbonyl (C=O) groups is 2. The fraction of sp³-hybridized carbons (Fsp3) is 0.467. The summed E-state index contributed by atoms with van der Waals surface area (Å²) in [4.78, 5) is 23.6. The Labute approximate surface area is 128 Å². The zero-order valence-corrected chi connectivity index (χ0v) is 12.7. The van der Waals surface area contributed by atoms with Crippen LogP contribution >= 0.6 is 11.8 Å². The quantitative estimate of drug-likeness (QED) is 0.724. The van der Waals surface area contributed by atoms with Crippen molar-refractivity contribution in [3.63, 3.8) is 0 Å². The first kappa shape index (κ1) is 16.0. The summed E-state index contributed by atoms with van der Waals surface area (Å²) in [6.45, 7) is 0.891. The molecule has 114 valence electrons. The first-order chi connectivity index (χ1) is 10.1. The molecule has 0 radical (unpaired) electrons. The second-order valence-electron chi connectivity index (χ2n) is 5.28. The van der Waals surface area contributed by atoms with Gasteiger partial charge in [0.15, 0.2) is 5.12 Å². The average Bonchev–Trinajstić information content (AvgIpc) is 2.47. The third kappa shape index (κ3) is 4.56. The molecule has 0 saturated heterocycles. The molecular weight excluding hydrogens is 286 g/mol. The molecule has 1 aliphatic carbocycles. The molecule has 5 nitrogen and oxygen atoms in total. The highest BCUT2D eigenvalue weighted by Gasteiger charge is 2.31. The van der Waals surface area contributed by atoms with Crippen LogP contribution in [0, 0.1) is 5.92 Å². The van der Waals surface area contributed by atoms with Gasteiger partial charge in [-0.3, -0.25) is 9.59 Å². The van der Waals surface area contributed by atoms with Crippen LogP contribution in [0.1, 0.15) is 28.8 Å². The molecule has 1 amide bonds. The lowest BCUT2D eigenvalue weighted by molar-refractivity contribution is -0.116. The molecule has 1 aromatic carbocycles. The second kappa shape index (κ2) is 7.59. The van der Waals surface area contributed by atoms with E-state index in [0.717, 1.165) is 18.4 Å². The average molecular weight is 307 g/mol. The van der Waals surface area contributed by atoms with Crippen molar-refractivity contribution in [2.75, 3.05) is 13.1 Å². The molecule has 1 fully saturated rings. The number of nitrogens with two attached hydrogens (primary N) is 2. The van der Waals surface area contributed by atoms with Gasteiger partial charge in [-0.2, -0.15) is 0 Å². The Morgan fingerprint density at radius 2 is 1.90 bits per heavy atom. The maximum absolute atomic E-state index is 11.9. The predicted octanol–water partition coefficient (Wildman–Crippen LogP) is 0.872. The molecule has 0 bridgehead atoms. The van der Waals surface area contributed by atoms with Crippen molar-refractivity contribution in [3.05, 3.63) is 35.4 Å². The van der Waals surface area contributed by atoms with E-state index in [9.17, 15) is 9.59 Å². The fourth-order valence-electron chi connectivity index (χ4n) is 2.17. The van der Waals surface area contributed by atoms with Crippen molar-refractivity contribution in [2.45, 2.75) is 24.6 Å². The van der Waals surface area contributed by atoms with E-state index < -0.39 is 0 Å². The van der Waals surface area contributed by atoms with Gasteiger partial charge in [-0.25, -0.2) is 0 Å². The Bertz CT molecular complexity index is 498. The summed E-state index contributed by atoms with van der Waals surface area (Å²) in [6, 6.07) is 7.50. The SMILES string of the molecule is NCCNC(=O)c1ccc(CSC(=O)[C@H]2C[C@H](N)C2)cc1.